The first-order chi connectivity index (χ1) is 6.95. The van der Waals surface area contributed by atoms with Gasteiger partial charge in [0.1, 0.15) is 0 Å². The highest BCUT2D eigenvalue weighted by molar-refractivity contribution is 4.84. The van der Waals surface area contributed by atoms with Gasteiger partial charge in [-0.3, -0.25) is 0 Å². The van der Waals surface area contributed by atoms with Crippen LogP contribution >= 0.6 is 0 Å². The third-order valence-electron chi connectivity index (χ3n) is 3.78. The maximum Gasteiger partial charge on any atom is 0.0263 e. The van der Waals surface area contributed by atoms with Crippen molar-refractivity contribution < 1.29 is 0 Å². The molecule has 1 rings (SSSR count). The summed E-state index contributed by atoms with van der Waals surface area (Å²) in [4.78, 5) is 2.48. The molecule has 0 heterocycles. The minimum Gasteiger partial charge on any atom is -0.329 e. The van der Waals surface area contributed by atoms with Crippen molar-refractivity contribution in [3.63, 3.8) is 0 Å². The van der Waals surface area contributed by atoms with E-state index < -0.39 is 0 Å². The molecule has 0 spiro atoms. The fourth-order valence-electron chi connectivity index (χ4n) is 2.92. The molecule has 1 unspecified atom stereocenters. The van der Waals surface area contributed by atoms with Crippen LogP contribution < -0.4 is 5.73 Å². The molecular formula is C13H28N2. The molecule has 15 heavy (non-hydrogen) atoms. The largest absolute Gasteiger partial charge is 0.329 e. The van der Waals surface area contributed by atoms with Crippen molar-refractivity contribution in [2.45, 2.75) is 52.5 Å². The Balaban J connectivity index is 2.45. The van der Waals surface area contributed by atoms with E-state index >= 15 is 0 Å². The summed E-state index contributed by atoms with van der Waals surface area (Å²) in [6.07, 6.45) is 5.71. The van der Waals surface area contributed by atoms with E-state index in [9.17, 15) is 0 Å². The van der Waals surface area contributed by atoms with Crippen molar-refractivity contribution in [2.75, 3.05) is 20.1 Å². The average molecular weight is 212 g/mol. The number of hydrogen-bond donors (Lipinski definition) is 1. The van der Waals surface area contributed by atoms with Gasteiger partial charge in [-0.25, -0.2) is 0 Å². The molecule has 0 aromatic heterocycles. The van der Waals surface area contributed by atoms with Crippen molar-refractivity contribution in [3.8, 4) is 0 Å². The van der Waals surface area contributed by atoms with Crippen LogP contribution in [0.5, 0.6) is 0 Å². The molecule has 0 radical (unpaired) electrons. The Hall–Kier alpha value is -0.0800. The van der Waals surface area contributed by atoms with Gasteiger partial charge in [-0.1, -0.05) is 33.6 Å². The first-order valence-electron chi connectivity index (χ1n) is 6.35. The highest BCUT2D eigenvalue weighted by atomic mass is 15.1. The van der Waals surface area contributed by atoms with Gasteiger partial charge < -0.3 is 10.6 Å². The molecule has 0 bridgehead atoms. The van der Waals surface area contributed by atoms with Gasteiger partial charge in [0.25, 0.3) is 0 Å². The van der Waals surface area contributed by atoms with E-state index in [2.05, 4.69) is 32.7 Å². The molecule has 2 heteroatoms. The molecule has 0 aliphatic heterocycles. The standard InChI is InChI=1S/C13H28N2/c1-13(2,3)12(9-14)15(4)10-11-7-5-6-8-11/h11-12H,5-10,14H2,1-4H3. The second kappa shape index (κ2) is 5.31. The van der Waals surface area contributed by atoms with Crippen LogP contribution in [-0.2, 0) is 0 Å². The number of nitrogens with zero attached hydrogens (tertiary/aromatic N) is 1. The highest BCUT2D eigenvalue weighted by Crippen LogP contribution is 2.28. The van der Waals surface area contributed by atoms with Crippen molar-refractivity contribution in [1.29, 1.82) is 0 Å². The van der Waals surface area contributed by atoms with E-state index in [1.165, 1.54) is 32.2 Å². The molecule has 2 N–H and O–H groups in total. The summed E-state index contributed by atoms with van der Waals surface area (Å²) in [6.45, 7) is 8.87. The summed E-state index contributed by atoms with van der Waals surface area (Å²) >= 11 is 0. The van der Waals surface area contributed by atoms with E-state index in [1.807, 2.05) is 0 Å². The number of rotatable bonds is 4. The lowest BCUT2D eigenvalue weighted by Gasteiger charge is -2.38. The molecule has 1 saturated carbocycles. The van der Waals surface area contributed by atoms with Gasteiger partial charge >= 0.3 is 0 Å². The topological polar surface area (TPSA) is 29.3 Å². The molecule has 1 aliphatic rings. The summed E-state index contributed by atoms with van der Waals surface area (Å²) in [6, 6.07) is 0.512. The van der Waals surface area contributed by atoms with Crippen molar-refractivity contribution >= 4 is 0 Å². The summed E-state index contributed by atoms with van der Waals surface area (Å²) in [5.74, 6) is 0.923. The van der Waals surface area contributed by atoms with Gasteiger partial charge in [0, 0.05) is 19.1 Å². The number of nitrogens with two attached hydrogens (primary N) is 1. The van der Waals surface area contributed by atoms with E-state index in [0.717, 1.165) is 12.5 Å². The Labute approximate surface area is 95.2 Å². The van der Waals surface area contributed by atoms with Gasteiger partial charge in [0.2, 0.25) is 0 Å². The number of likely N-dealkylation sites (N-methyl/N-ethyl adjacent to an activating group) is 1. The predicted molar refractivity (Wildman–Crippen MR) is 66.9 cm³/mol. The zero-order chi connectivity index (χ0) is 11.5. The Bertz CT molecular complexity index is 177. The van der Waals surface area contributed by atoms with Crippen LogP contribution in [0.3, 0.4) is 0 Å². The molecule has 0 aromatic carbocycles. The van der Waals surface area contributed by atoms with Crippen LogP contribution in [0.15, 0.2) is 0 Å². The van der Waals surface area contributed by atoms with Gasteiger partial charge in [-0.2, -0.15) is 0 Å². The second-order valence-corrected chi connectivity index (χ2v) is 6.21. The lowest BCUT2D eigenvalue weighted by Crippen LogP contribution is -2.48. The summed E-state index contributed by atoms with van der Waals surface area (Å²) in [7, 11) is 2.24. The fraction of sp³-hybridized carbons (Fsp3) is 1.00. The average Bonchev–Trinajstić information content (AvgIpc) is 2.54. The third-order valence-corrected chi connectivity index (χ3v) is 3.78. The monoisotopic (exact) mass is 212 g/mol. The lowest BCUT2D eigenvalue weighted by atomic mass is 9.85. The molecule has 1 fully saturated rings. The van der Waals surface area contributed by atoms with Crippen molar-refractivity contribution in [1.82, 2.24) is 4.90 Å². The zero-order valence-corrected chi connectivity index (χ0v) is 10.9. The quantitative estimate of drug-likeness (QED) is 0.776. The molecule has 0 saturated heterocycles. The van der Waals surface area contributed by atoms with Crippen LogP contribution in [0.4, 0.5) is 0 Å². The first-order valence-corrected chi connectivity index (χ1v) is 6.35. The van der Waals surface area contributed by atoms with Gasteiger partial charge in [0.15, 0.2) is 0 Å². The van der Waals surface area contributed by atoms with Gasteiger partial charge in [-0.05, 0) is 31.2 Å². The molecule has 0 aromatic rings. The first kappa shape index (κ1) is 13.0. The molecule has 1 atom stereocenters. The van der Waals surface area contributed by atoms with Crippen molar-refractivity contribution in [3.05, 3.63) is 0 Å². The summed E-state index contributed by atoms with van der Waals surface area (Å²) in [5, 5.41) is 0. The smallest absolute Gasteiger partial charge is 0.0263 e. The Kier molecular flexibility index (Phi) is 4.60. The van der Waals surface area contributed by atoms with Crippen LogP contribution in [0.2, 0.25) is 0 Å². The second-order valence-electron chi connectivity index (χ2n) is 6.21. The van der Waals surface area contributed by atoms with Crippen LogP contribution in [0, 0.1) is 11.3 Å². The molecule has 2 nitrogen and oxygen atoms in total. The van der Waals surface area contributed by atoms with Crippen LogP contribution in [0.1, 0.15) is 46.5 Å². The van der Waals surface area contributed by atoms with Gasteiger partial charge in [-0.15, -0.1) is 0 Å². The minimum atomic E-state index is 0.294. The molecule has 90 valence electrons. The Morgan fingerprint density at radius 3 is 2.20 bits per heavy atom. The number of hydrogen-bond acceptors (Lipinski definition) is 2. The summed E-state index contributed by atoms with van der Waals surface area (Å²) < 4.78 is 0. The predicted octanol–water partition coefficient (Wildman–Crippen LogP) is 2.48. The van der Waals surface area contributed by atoms with E-state index in [-0.39, 0.29) is 0 Å². The molecular weight excluding hydrogens is 184 g/mol. The minimum absolute atomic E-state index is 0.294. The Morgan fingerprint density at radius 1 is 1.27 bits per heavy atom. The lowest BCUT2D eigenvalue weighted by molar-refractivity contribution is 0.115. The highest BCUT2D eigenvalue weighted by Gasteiger charge is 2.28. The maximum absolute atomic E-state index is 5.89. The van der Waals surface area contributed by atoms with Crippen molar-refractivity contribution in [2.24, 2.45) is 17.1 Å². The summed E-state index contributed by atoms with van der Waals surface area (Å²) in [5.41, 5.74) is 6.19. The Morgan fingerprint density at radius 2 is 1.80 bits per heavy atom. The van der Waals surface area contributed by atoms with Crippen LogP contribution in [-0.4, -0.2) is 31.1 Å². The van der Waals surface area contributed by atoms with Crippen LogP contribution in [0.25, 0.3) is 0 Å². The van der Waals surface area contributed by atoms with E-state index in [4.69, 9.17) is 5.73 Å². The SMILES string of the molecule is CN(CC1CCCC1)C(CN)C(C)(C)C. The fourth-order valence-corrected chi connectivity index (χ4v) is 2.92. The molecule has 0 amide bonds. The normalized spacial score (nSPS) is 21.2. The third kappa shape index (κ3) is 3.76. The van der Waals surface area contributed by atoms with Gasteiger partial charge in [0.05, 0.1) is 0 Å². The van der Waals surface area contributed by atoms with E-state index in [0.29, 0.717) is 11.5 Å². The zero-order valence-electron chi connectivity index (χ0n) is 10.9. The molecule has 1 aliphatic carbocycles. The van der Waals surface area contributed by atoms with E-state index in [1.54, 1.807) is 0 Å². The maximum atomic E-state index is 5.89.